The van der Waals surface area contributed by atoms with Crippen LogP contribution in [0.4, 0.5) is 10.5 Å². The van der Waals surface area contributed by atoms with E-state index in [9.17, 15) is 9.59 Å². The predicted octanol–water partition coefficient (Wildman–Crippen LogP) is 4.21. The number of rotatable bonds is 6. The highest BCUT2D eigenvalue weighted by atomic mass is 79.9. The van der Waals surface area contributed by atoms with Gasteiger partial charge in [-0.1, -0.05) is 15.9 Å². The lowest BCUT2D eigenvalue weighted by atomic mass is 10.2. The van der Waals surface area contributed by atoms with E-state index >= 15 is 0 Å². The molecule has 0 N–H and O–H groups in total. The van der Waals surface area contributed by atoms with Gasteiger partial charge in [0.25, 0.3) is 0 Å². The number of aromatic nitrogens is 2. The first-order valence-electron chi connectivity index (χ1n) is 10.3. The maximum absolute atomic E-state index is 12.7. The van der Waals surface area contributed by atoms with Crippen molar-refractivity contribution in [2.45, 2.75) is 13.0 Å². The zero-order valence-electron chi connectivity index (χ0n) is 18.5. The van der Waals surface area contributed by atoms with Crippen molar-refractivity contribution < 1.29 is 19.1 Å². The van der Waals surface area contributed by atoms with Crippen LogP contribution in [0.3, 0.4) is 0 Å². The largest absolute Gasteiger partial charge is 0.481 e. The van der Waals surface area contributed by atoms with Gasteiger partial charge in [-0.25, -0.2) is 9.78 Å². The summed E-state index contributed by atoms with van der Waals surface area (Å²) in [5, 5.41) is 0. The van der Waals surface area contributed by atoms with Gasteiger partial charge in [0.15, 0.2) is 0 Å². The van der Waals surface area contributed by atoms with Gasteiger partial charge in [-0.3, -0.25) is 14.7 Å². The van der Waals surface area contributed by atoms with Gasteiger partial charge >= 0.3 is 6.09 Å². The van der Waals surface area contributed by atoms with E-state index < -0.39 is 12.2 Å². The standard InChI is InChI=1S/C24H23BrN4O4/c1-15-12-17(5-6-19(15)25)29-14-18(33-24(29)31)13-28(2)22(30)9-4-16-10-11-26-20-7-8-21(32-3)27-23(16)20/h4-12,18H,13-14H2,1-3H3/b9-4+/t18-/m1/s1. The van der Waals surface area contributed by atoms with E-state index in [1.807, 2.05) is 31.2 Å². The van der Waals surface area contributed by atoms with Crippen LogP contribution in [-0.4, -0.2) is 60.2 Å². The van der Waals surface area contributed by atoms with Gasteiger partial charge in [-0.15, -0.1) is 0 Å². The van der Waals surface area contributed by atoms with Gasteiger partial charge in [0.05, 0.1) is 31.2 Å². The highest BCUT2D eigenvalue weighted by molar-refractivity contribution is 9.10. The first-order chi connectivity index (χ1) is 15.9. The van der Waals surface area contributed by atoms with E-state index in [0.29, 0.717) is 23.5 Å². The molecule has 3 heterocycles. The Labute approximate surface area is 200 Å². The van der Waals surface area contributed by atoms with E-state index in [1.54, 1.807) is 43.5 Å². The van der Waals surface area contributed by atoms with Crippen LogP contribution < -0.4 is 9.64 Å². The third-order valence-corrected chi connectivity index (χ3v) is 6.27. The molecule has 1 saturated heterocycles. The first kappa shape index (κ1) is 22.7. The summed E-state index contributed by atoms with van der Waals surface area (Å²) in [7, 11) is 3.23. The molecule has 0 radical (unpaired) electrons. The van der Waals surface area contributed by atoms with Gasteiger partial charge in [0.1, 0.15) is 6.10 Å². The Hall–Kier alpha value is -3.46. The fraction of sp³-hybridized carbons (Fsp3) is 0.250. The van der Waals surface area contributed by atoms with Gasteiger partial charge < -0.3 is 14.4 Å². The number of carbonyl (C=O) groups is 2. The molecule has 33 heavy (non-hydrogen) atoms. The molecule has 0 bridgehead atoms. The molecule has 4 rings (SSSR count). The number of hydrogen-bond donors (Lipinski definition) is 0. The van der Waals surface area contributed by atoms with Gasteiger partial charge in [-0.2, -0.15) is 0 Å². The number of aryl methyl sites for hydroxylation is 1. The van der Waals surface area contributed by atoms with Crippen molar-refractivity contribution in [2.75, 3.05) is 32.1 Å². The SMILES string of the molecule is COc1ccc2nccc(/C=C/C(=O)N(C)C[C@@H]3CN(c4ccc(Br)c(C)c4)C(=O)O3)c2n1. The zero-order chi connectivity index (χ0) is 23.5. The summed E-state index contributed by atoms with van der Waals surface area (Å²) in [6.07, 6.45) is 4.01. The third kappa shape index (κ3) is 4.98. The number of cyclic esters (lactones) is 1. The number of anilines is 1. The maximum atomic E-state index is 12.7. The fourth-order valence-electron chi connectivity index (χ4n) is 3.58. The van der Waals surface area contributed by atoms with Crippen LogP contribution >= 0.6 is 15.9 Å². The summed E-state index contributed by atoms with van der Waals surface area (Å²) in [5.74, 6) is 0.263. The van der Waals surface area contributed by atoms with E-state index in [4.69, 9.17) is 9.47 Å². The molecule has 0 spiro atoms. The second-order valence-corrected chi connectivity index (χ2v) is 8.58. The van der Waals surface area contributed by atoms with Crippen LogP contribution in [0.15, 0.2) is 53.1 Å². The van der Waals surface area contributed by atoms with E-state index in [-0.39, 0.29) is 12.5 Å². The topological polar surface area (TPSA) is 84.9 Å². The average Bonchev–Trinajstić information content (AvgIpc) is 3.18. The van der Waals surface area contributed by atoms with Crippen LogP contribution in [0.5, 0.6) is 5.88 Å². The van der Waals surface area contributed by atoms with Crippen LogP contribution in [0.1, 0.15) is 11.1 Å². The van der Waals surface area contributed by atoms with Gasteiger partial charge in [0, 0.05) is 41.1 Å². The fourth-order valence-corrected chi connectivity index (χ4v) is 3.83. The number of ether oxygens (including phenoxy) is 2. The Morgan fingerprint density at radius 2 is 2.15 bits per heavy atom. The molecule has 0 unspecified atom stereocenters. The molecule has 9 heteroatoms. The molecule has 1 fully saturated rings. The van der Waals surface area contributed by atoms with Gasteiger partial charge in [-0.05, 0) is 48.9 Å². The molecule has 1 aliphatic rings. The van der Waals surface area contributed by atoms with E-state index in [1.165, 1.54) is 11.0 Å². The lowest BCUT2D eigenvalue weighted by Crippen LogP contribution is -2.35. The summed E-state index contributed by atoms with van der Waals surface area (Å²) in [6, 6.07) is 11.0. The quantitative estimate of drug-likeness (QED) is 0.462. The lowest BCUT2D eigenvalue weighted by Gasteiger charge is -2.19. The molecule has 2 aromatic heterocycles. The highest BCUT2D eigenvalue weighted by Crippen LogP contribution is 2.27. The Balaban J connectivity index is 1.42. The summed E-state index contributed by atoms with van der Waals surface area (Å²) in [6.45, 7) is 2.62. The second kappa shape index (κ2) is 9.58. The van der Waals surface area contributed by atoms with E-state index in [0.717, 1.165) is 21.3 Å². The molecule has 1 atom stereocenters. The number of benzene rings is 1. The zero-order valence-corrected chi connectivity index (χ0v) is 20.1. The van der Waals surface area contributed by atoms with Crippen molar-refractivity contribution in [1.82, 2.24) is 14.9 Å². The number of hydrogen-bond acceptors (Lipinski definition) is 6. The summed E-state index contributed by atoms with van der Waals surface area (Å²) < 4.78 is 11.7. The van der Waals surface area contributed by atoms with Gasteiger partial charge in [0.2, 0.25) is 11.8 Å². The summed E-state index contributed by atoms with van der Waals surface area (Å²) >= 11 is 3.47. The summed E-state index contributed by atoms with van der Waals surface area (Å²) in [5.41, 5.74) is 3.90. The number of carbonyl (C=O) groups excluding carboxylic acids is 2. The minimum Gasteiger partial charge on any atom is -0.481 e. The van der Waals surface area contributed by atoms with Crippen molar-refractivity contribution in [3.8, 4) is 5.88 Å². The molecule has 3 aromatic rings. The van der Waals surface area contributed by atoms with Crippen molar-refractivity contribution in [3.63, 3.8) is 0 Å². The van der Waals surface area contributed by atoms with Crippen molar-refractivity contribution >= 4 is 50.7 Å². The number of methoxy groups -OCH3 is 1. The Morgan fingerprint density at radius 1 is 1.33 bits per heavy atom. The van der Waals surface area contributed by atoms with Crippen molar-refractivity contribution in [1.29, 1.82) is 0 Å². The number of pyridine rings is 2. The van der Waals surface area contributed by atoms with Crippen molar-refractivity contribution in [2.24, 2.45) is 0 Å². The smallest absolute Gasteiger partial charge is 0.414 e. The summed E-state index contributed by atoms with van der Waals surface area (Å²) in [4.78, 5) is 36.9. The maximum Gasteiger partial charge on any atom is 0.414 e. The number of fused-ring (bicyclic) bond motifs is 1. The van der Waals surface area contributed by atoms with Crippen LogP contribution in [0.25, 0.3) is 17.1 Å². The molecule has 0 aliphatic carbocycles. The Morgan fingerprint density at radius 3 is 2.91 bits per heavy atom. The third-order valence-electron chi connectivity index (χ3n) is 5.39. The minimum atomic E-state index is -0.420. The molecule has 2 amide bonds. The lowest BCUT2D eigenvalue weighted by molar-refractivity contribution is -0.125. The monoisotopic (exact) mass is 510 g/mol. The number of amides is 2. The second-order valence-electron chi connectivity index (χ2n) is 7.72. The molecule has 0 saturated carbocycles. The van der Waals surface area contributed by atoms with Crippen LogP contribution in [0.2, 0.25) is 0 Å². The molecule has 1 aromatic carbocycles. The number of halogens is 1. The molecule has 170 valence electrons. The van der Waals surface area contributed by atoms with Crippen LogP contribution in [-0.2, 0) is 9.53 Å². The number of nitrogens with zero attached hydrogens (tertiary/aromatic N) is 4. The predicted molar refractivity (Wildman–Crippen MR) is 129 cm³/mol. The first-order valence-corrected chi connectivity index (χ1v) is 11.1. The normalized spacial score (nSPS) is 15.8. The highest BCUT2D eigenvalue weighted by Gasteiger charge is 2.33. The molecule has 8 nitrogen and oxygen atoms in total. The van der Waals surface area contributed by atoms with Crippen molar-refractivity contribution in [3.05, 3.63) is 64.3 Å². The molecular weight excluding hydrogens is 488 g/mol. The minimum absolute atomic E-state index is 0.211. The molecule has 1 aliphatic heterocycles. The Bertz CT molecular complexity index is 1250. The number of likely N-dealkylation sites (N-methyl/N-ethyl adjacent to an activating group) is 1. The van der Waals surface area contributed by atoms with Crippen LogP contribution in [0, 0.1) is 6.92 Å². The molecular formula is C24H23BrN4O4. The Kier molecular flexibility index (Phi) is 6.60. The average molecular weight is 511 g/mol. The van der Waals surface area contributed by atoms with E-state index in [2.05, 4.69) is 25.9 Å².